The zero-order chi connectivity index (χ0) is 32.8. The fourth-order valence-corrected chi connectivity index (χ4v) is 5.15. The molecular weight excluding hydrogens is 578 g/mol. The van der Waals surface area contributed by atoms with Crippen LogP contribution in [0.15, 0.2) is 48.5 Å². The Bertz CT molecular complexity index is 1330. The molecule has 3 atom stereocenters. The predicted octanol–water partition coefficient (Wildman–Crippen LogP) is 5.23. The zero-order valence-electron chi connectivity index (χ0n) is 27.1. The van der Waals surface area contributed by atoms with Crippen LogP contribution in [0.5, 0.6) is 0 Å². The number of esters is 1. The summed E-state index contributed by atoms with van der Waals surface area (Å²) < 4.78 is 11.1. The summed E-state index contributed by atoms with van der Waals surface area (Å²) in [6, 6.07) is 11.7. The lowest BCUT2D eigenvalue weighted by molar-refractivity contribution is -0.159. The zero-order valence-corrected chi connectivity index (χ0v) is 28.0. The first kappa shape index (κ1) is 35.0. The number of nitrogens with zero attached hydrogens (tertiary/aromatic N) is 1. The van der Waals surface area contributed by atoms with Crippen LogP contribution in [-0.4, -0.2) is 63.9 Å². The number of ether oxygens (including phenoxy) is 2. The number of nitrogens with one attached hydrogen (secondary N) is 2. The van der Waals surface area contributed by atoms with Gasteiger partial charge in [-0.1, -0.05) is 54.1 Å². The van der Waals surface area contributed by atoms with E-state index < -0.39 is 53.2 Å². The molecule has 9 nitrogen and oxygen atoms in total. The second-order valence-electron chi connectivity index (χ2n) is 13.4. The standard InChI is InChI=1S/C34H47N3O6S/c1-21-14-17-25(22(2)18-21)28(37(24-15-16-24)30(39)27(20-44)36-32(41)43-34(6,7)8)29(38)35-26(31(40)42-33(3,4)5)19-23-12-10-9-11-13-23/h9-14,17-18,24,26-28,44H,15-16,19-20H2,1-8H3,(H,35,38)(H,36,41). The number of amides is 3. The number of carbonyl (C=O) groups excluding carboxylic acids is 4. The largest absolute Gasteiger partial charge is 0.458 e. The Morgan fingerprint density at radius 2 is 1.50 bits per heavy atom. The molecule has 3 unspecified atom stereocenters. The average Bonchev–Trinajstić information content (AvgIpc) is 3.74. The maximum Gasteiger partial charge on any atom is 0.408 e. The molecule has 240 valence electrons. The topological polar surface area (TPSA) is 114 Å². The van der Waals surface area contributed by atoms with Crippen LogP contribution < -0.4 is 10.6 Å². The highest BCUT2D eigenvalue weighted by atomic mass is 32.1. The van der Waals surface area contributed by atoms with E-state index in [1.807, 2.05) is 62.4 Å². The molecule has 3 amide bonds. The number of benzene rings is 2. The summed E-state index contributed by atoms with van der Waals surface area (Å²) in [4.78, 5) is 56.2. The van der Waals surface area contributed by atoms with E-state index in [1.165, 1.54) is 0 Å². The lowest BCUT2D eigenvalue weighted by atomic mass is 9.95. The number of alkyl carbamates (subject to hydrolysis) is 1. The van der Waals surface area contributed by atoms with Crippen LogP contribution in [0.2, 0.25) is 0 Å². The van der Waals surface area contributed by atoms with Gasteiger partial charge in [-0.3, -0.25) is 9.59 Å². The van der Waals surface area contributed by atoms with Gasteiger partial charge in [0, 0.05) is 18.2 Å². The molecule has 2 aromatic rings. The van der Waals surface area contributed by atoms with Crippen LogP contribution in [-0.2, 0) is 30.3 Å². The van der Waals surface area contributed by atoms with Crippen LogP contribution in [0.4, 0.5) is 4.79 Å². The summed E-state index contributed by atoms with van der Waals surface area (Å²) in [6.45, 7) is 14.4. The number of aryl methyl sites for hydroxylation is 2. The Morgan fingerprint density at radius 1 is 0.886 bits per heavy atom. The van der Waals surface area contributed by atoms with Crippen molar-refractivity contribution in [2.24, 2.45) is 0 Å². The fourth-order valence-electron chi connectivity index (χ4n) is 4.90. The summed E-state index contributed by atoms with van der Waals surface area (Å²) in [7, 11) is 0. The maximum absolute atomic E-state index is 14.4. The van der Waals surface area contributed by atoms with Crippen molar-refractivity contribution in [2.75, 3.05) is 5.75 Å². The van der Waals surface area contributed by atoms with Gasteiger partial charge in [0.05, 0.1) is 0 Å². The number of rotatable bonds is 11. The Labute approximate surface area is 266 Å². The Balaban J connectivity index is 2.02. The molecule has 2 aromatic carbocycles. The lowest BCUT2D eigenvalue weighted by Crippen LogP contribution is -2.56. The third-order valence-corrected chi connectivity index (χ3v) is 7.27. The van der Waals surface area contributed by atoms with E-state index in [4.69, 9.17) is 9.47 Å². The predicted molar refractivity (Wildman–Crippen MR) is 173 cm³/mol. The van der Waals surface area contributed by atoms with Gasteiger partial charge in [0.2, 0.25) is 11.8 Å². The third kappa shape index (κ3) is 10.3. The molecule has 2 N–H and O–H groups in total. The van der Waals surface area contributed by atoms with Crippen LogP contribution >= 0.6 is 12.6 Å². The van der Waals surface area contributed by atoms with Crippen molar-refractivity contribution in [1.82, 2.24) is 15.5 Å². The average molecular weight is 626 g/mol. The van der Waals surface area contributed by atoms with Gasteiger partial charge in [-0.2, -0.15) is 12.6 Å². The van der Waals surface area contributed by atoms with Crippen LogP contribution in [0.1, 0.15) is 82.7 Å². The maximum atomic E-state index is 14.4. The van der Waals surface area contributed by atoms with Crippen LogP contribution in [0, 0.1) is 13.8 Å². The number of hydrogen-bond donors (Lipinski definition) is 3. The quantitative estimate of drug-likeness (QED) is 0.233. The van der Waals surface area contributed by atoms with E-state index >= 15 is 0 Å². The number of carbonyl (C=O) groups is 4. The van der Waals surface area contributed by atoms with Crippen molar-refractivity contribution >= 4 is 36.5 Å². The molecule has 0 bridgehead atoms. The normalized spacial score (nSPS) is 15.4. The highest BCUT2D eigenvalue weighted by Gasteiger charge is 2.45. The molecule has 10 heteroatoms. The summed E-state index contributed by atoms with van der Waals surface area (Å²) in [6.07, 6.45) is 0.857. The Hall–Kier alpha value is -3.53. The summed E-state index contributed by atoms with van der Waals surface area (Å²) >= 11 is 4.36. The molecule has 0 saturated heterocycles. The highest BCUT2D eigenvalue weighted by molar-refractivity contribution is 7.80. The summed E-state index contributed by atoms with van der Waals surface area (Å²) in [5, 5.41) is 5.57. The molecular formula is C34H47N3O6S. The summed E-state index contributed by atoms with van der Waals surface area (Å²) in [5.41, 5.74) is 1.77. The minimum Gasteiger partial charge on any atom is -0.458 e. The second-order valence-corrected chi connectivity index (χ2v) is 13.8. The van der Waals surface area contributed by atoms with E-state index in [0.29, 0.717) is 18.4 Å². The Kier molecular flexibility index (Phi) is 11.5. The van der Waals surface area contributed by atoms with Gasteiger partial charge in [0.1, 0.15) is 29.3 Å². The fraction of sp³-hybridized carbons (Fsp3) is 0.529. The lowest BCUT2D eigenvalue weighted by Gasteiger charge is -2.36. The molecule has 1 aliphatic rings. The van der Waals surface area contributed by atoms with E-state index in [2.05, 4.69) is 23.3 Å². The van der Waals surface area contributed by atoms with Gasteiger partial charge >= 0.3 is 12.1 Å². The van der Waals surface area contributed by atoms with Gasteiger partial charge in [-0.05, 0) is 84.9 Å². The van der Waals surface area contributed by atoms with Crippen molar-refractivity contribution < 1.29 is 28.7 Å². The van der Waals surface area contributed by atoms with E-state index in [1.54, 1.807) is 46.4 Å². The molecule has 1 fully saturated rings. The van der Waals surface area contributed by atoms with E-state index in [-0.39, 0.29) is 18.2 Å². The Morgan fingerprint density at radius 3 is 2.02 bits per heavy atom. The van der Waals surface area contributed by atoms with Crippen LogP contribution in [0.25, 0.3) is 0 Å². The van der Waals surface area contributed by atoms with Gasteiger partial charge in [-0.15, -0.1) is 0 Å². The minimum absolute atomic E-state index is 0.00292. The molecule has 44 heavy (non-hydrogen) atoms. The first-order valence-electron chi connectivity index (χ1n) is 15.1. The highest BCUT2D eigenvalue weighted by Crippen LogP contribution is 2.37. The van der Waals surface area contributed by atoms with Gasteiger partial charge < -0.3 is 25.0 Å². The van der Waals surface area contributed by atoms with Crippen LogP contribution in [0.3, 0.4) is 0 Å². The molecule has 3 rings (SSSR count). The van der Waals surface area contributed by atoms with Crippen molar-refractivity contribution in [3.8, 4) is 0 Å². The molecule has 1 saturated carbocycles. The van der Waals surface area contributed by atoms with Crippen molar-refractivity contribution in [1.29, 1.82) is 0 Å². The first-order valence-corrected chi connectivity index (χ1v) is 15.7. The molecule has 0 radical (unpaired) electrons. The van der Waals surface area contributed by atoms with Gasteiger partial charge in [0.15, 0.2) is 0 Å². The minimum atomic E-state index is -1.07. The van der Waals surface area contributed by atoms with Crippen molar-refractivity contribution in [2.45, 2.75) is 110 Å². The smallest absolute Gasteiger partial charge is 0.408 e. The van der Waals surface area contributed by atoms with Crippen molar-refractivity contribution in [3.63, 3.8) is 0 Å². The van der Waals surface area contributed by atoms with Crippen molar-refractivity contribution in [3.05, 3.63) is 70.8 Å². The monoisotopic (exact) mass is 625 g/mol. The first-order chi connectivity index (χ1) is 20.5. The van der Waals surface area contributed by atoms with E-state index in [0.717, 1.165) is 16.7 Å². The third-order valence-electron chi connectivity index (χ3n) is 6.90. The summed E-state index contributed by atoms with van der Waals surface area (Å²) in [5.74, 6) is -1.54. The molecule has 0 heterocycles. The van der Waals surface area contributed by atoms with Gasteiger partial charge in [-0.25, -0.2) is 9.59 Å². The molecule has 0 aliphatic heterocycles. The number of hydrogen-bond acceptors (Lipinski definition) is 7. The molecule has 0 spiro atoms. The number of thiol groups is 1. The molecule has 1 aliphatic carbocycles. The van der Waals surface area contributed by atoms with E-state index in [9.17, 15) is 19.2 Å². The molecule has 0 aromatic heterocycles. The van der Waals surface area contributed by atoms with Gasteiger partial charge in [0.25, 0.3) is 0 Å². The second kappa shape index (κ2) is 14.5. The SMILES string of the molecule is Cc1ccc(C(C(=O)NC(Cc2ccccc2)C(=O)OC(C)(C)C)N(C(=O)C(CS)NC(=O)OC(C)(C)C)C2CC2)c(C)c1.